The Balaban J connectivity index is 1.45. The van der Waals surface area contributed by atoms with Crippen LogP contribution in [0.4, 0.5) is 0 Å². The number of ether oxygens (including phenoxy) is 1. The van der Waals surface area contributed by atoms with Crippen molar-refractivity contribution >= 4 is 11.0 Å². The van der Waals surface area contributed by atoms with Crippen LogP contribution in [0.15, 0.2) is 45.6 Å². The van der Waals surface area contributed by atoms with Crippen LogP contribution >= 0.6 is 0 Å². The zero-order valence-corrected chi connectivity index (χ0v) is 15.9. The number of quaternary nitrogens is 1. The smallest absolute Gasteiger partial charge is 0.339 e. The van der Waals surface area contributed by atoms with Crippen LogP contribution in [0.5, 0.6) is 5.75 Å². The predicted molar refractivity (Wildman–Crippen MR) is 107 cm³/mol. The summed E-state index contributed by atoms with van der Waals surface area (Å²) in [4.78, 5) is 14.0. The minimum Gasteiger partial charge on any atom is -0.445 e. The van der Waals surface area contributed by atoms with Crippen molar-refractivity contribution in [3.8, 4) is 5.75 Å². The van der Waals surface area contributed by atoms with E-state index in [1.807, 2.05) is 0 Å². The molecule has 4 nitrogen and oxygen atoms in total. The van der Waals surface area contributed by atoms with Gasteiger partial charge < -0.3 is 9.15 Å². The van der Waals surface area contributed by atoms with E-state index in [1.54, 1.807) is 0 Å². The Morgan fingerprint density at radius 1 is 0.929 bits per heavy atom. The molecule has 0 saturated heterocycles. The van der Waals surface area contributed by atoms with Crippen molar-refractivity contribution in [3.63, 3.8) is 0 Å². The Labute approximate surface area is 163 Å². The zero-order chi connectivity index (χ0) is 18.7. The van der Waals surface area contributed by atoms with E-state index in [0.29, 0.717) is 12.8 Å². The average molecular weight is 374 g/mol. The largest absolute Gasteiger partial charge is 0.445 e. The van der Waals surface area contributed by atoms with Crippen LogP contribution < -0.4 is 15.3 Å². The summed E-state index contributed by atoms with van der Waals surface area (Å²) in [5.74, 6) is 0.876. The van der Waals surface area contributed by atoms with E-state index in [2.05, 4.69) is 36.4 Å². The van der Waals surface area contributed by atoms with Crippen molar-refractivity contribution in [2.24, 2.45) is 0 Å². The second kappa shape index (κ2) is 6.21. The van der Waals surface area contributed by atoms with Gasteiger partial charge >= 0.3 is 5.63 Å². The second-order valence-electron chi connectivity index (χ2n) is 8.39. The molecule has 1 N–H and O–H groups in total. The summed E-state index contributed by atoms with van der Waals surface area (Å²) >= 11 is 0. The molecule has 0 bridgehead atoms. The van der Waals surface area contributed by atoms with Crippen LogP contribution in [0, 0.1) is 0 Å². The third-order valence-electron chi connectivity index (χ3n) is 6.88. The van der Waals surface area contributed by atoms with Gasteiger partial charge in [-0.2, -0.15) is 0 Å². The fraction of sp³-hybridized carbons (Fsp3) is 0.375. The molecule has 4 heteroatoms. The van der Waals surface area contributed by atoms with E-state index in [0.717, 1.165) is 53.7 Å². The molecule has 3 aliphatic rings. The van der Waals surface area contributed by atoms with Crippen molar-refractivity contribution in [3.05, 3.63) is 74.6 Å². The SMILES string of the molecule is O=c1oc2c3c(ccc2c2c1CCC2)OC[NH+]([C@@H]1CCCc2ccccc21)C3. The Bertz CT molecular complexity index is 1150. The molecular weight excluding hydrogens is 350 g/mol. The molecule has 2 heterocycles. The fourth-order valence-electron chi connectivity index (χ4n) is 5.54. The summed E-state index contributed by atoms with van der Waals surface area (Å²) in [5.41, 5.74) is 6.68. The molecule has 6 rings (SSSR count). The molecule has 28 heavy (non-hydrogen) atoms. The van der Waals surface area contributed by atoms with Crippen molar-refractivity contribution in [1.82, 2.24) is 0 Å². The quantitative estimate of drug-likeness (QED) is 0.666. The van der Waals surface area contributed by atoms with E-state index in [9.17, 15) is 4.79 Å². The second-order valence-corrected chi connectivity index (χ2v) is 8.39. The maximum atomic E-state index is 12.5. The van der Waals surface area contributed by atoms with Gasteiger partial charge in [-0.3, -0.25) is 4.90 Å². The lowest BCUT2D eigenvalue weighted by atomic mass is 9.86. The summed E-state index contributed by atoms with van der Waals surface area (Å²) in [6, 6.07) is 13.4. The van der Waals surface area contributed by atoms with Crippen molar-refractivity contribution < 1.29 is 14.1 Å². The monoisotopic (exact) mass is 374 g/mol. The van der Waals surface area contributed by atoms with Crippen LogP contribution in [-0.4, -0.2) is 6.73 Å². The summed E-state index contributed by atoms with van der Waals surface area (Å²) in [5, 5.41) is 1.11. The Kier molecular flexibility index (Phi) is 3.63. The molecule has 0 amide bonds. The highest BCUT2D eigenvalue weighted by Crippen LogP contribution is 2.35. The van der Waals surface area contributed by atoms with E-state index in [1.165, 1.54) is 40.9 Å². The Morgan fingerprint density at radius 3 is 2.79 bits per heavy atom. The van der Waals surface area contributed by atoms with Gasteiger partial charge in [0.1, 0.15) is 18.3 Å². The molecule has 1 unspecified atom stereocenters. The van der Waals surface area contributed by atoms with Crippen LogP contribution in [0.3, 0.4) is 0 Å². The van der Waals surface area contributed by atoms with Gasteiger partial charge in [0.25, 0.3) is 0 Å². The molecule has 0 fully saturated rings. The molecule has 2 atom stereocenters. The van der Waals surface area contributed by atoms with Gasteiger partial charge in [0.2, 0.25) is 6.73 Å². The summed E-state index contributed by atoms with van der Waals surface area (Å²) < 4.78 is 12.0. The maximum absolute atomic E-state index is 12.5. The van der Waals surface area contributed by atoms with Crippen LogP contribution in [0.1, 0.15) is 53.1 Å². The lowest BCUT2D eigenvalue weighted by molar-refractivity contribution is -0.963. The lowest BCUT2D eigenvalue weighted by Gasteiger charge is -2.35. The van der Waals surface area contributed by atoms with Gasteiger partial charge in [0.15, 0.2) is 5.58 Å². The van der Waals surface area contributed by atoms with Crippen LogP contribution in [0.2, 0.25) is 0 Å². The third-order valence-corrected chi connectivity index (χ3v) is 6.88. The molecule has 0 saturated carbocycles. The lowest BCUT2D eigenvalue weighted by Crippen LogP contribution is -3.12. The van der Waals surface area contributed by atoms with Gasteiger partial charge in [-0.1, -0.05) is 24.3 Å². The third kappa shape index (κ3) is 2.37. The van der Waals surface area contributed by atoms with E-state index >= 15 is 0 Å². The number of fused-ring (bicyclic) bond motifs is 6. The molecule has 1 aromatic heterocycles. The Hall–Kier alpha value is -2.59. The number of rotatable bonds is 1. The van der Waals surface area contributed by atoms with Gasteiger partial charge in [-0.15, -0.1) is 0 Å². The van der Waals surface area contributed by atoms with Crippen molar-refractivity contribution in [1.29, 1.82) is 0 Å². The molecule has 0 spiro atoms. The van der Waals surface area contributed by atoms with Gasteiger partial charge in [-0.05, 0) is 55.4 Å². The molecule has 0 radical (unpaired) electrons. The predicted octanol–water partition coefficient (Wildman–Crippen LogP) is 3.09. The van der Waals surface area contributed by atoms with E-state index < -0.39 is 0 Å². The summed E-state index contributed by atoms with van der Waals surface area (Å²) in [6.45, 7) is 1.50. The van der Waals surface area contributed by atoms with Gasteiger partial charge in [0.05, 0.1) is 5.56 Å². The van der Waals surface area contributed by atoms with E-state index in [4.69, 9.17) is 9.15 Å². The standard InChI is InChI=1S/C24H23NO3/c26-24-19-9-4-8-17(19)18-11-12-22-20(23(18)28-24)13-25(14-27-22)21-10-3-6-15-5-1-2-7-16(15)21/h1-2,5,7,11-12,21H,3-4,6,8-10,13-14H2/p+1/t21-/m1/s1. The first-order valence-corrected chi connectivity index (χ1v) is 10.5. The molecular formula is C24H24NO3+. The van der Waals surface area contributed by atoms with E-state index in [-0.39, 0.29) is 5.63 Å². The average Bonchev–Trinajstić information content (AvgIpc) is 3.24. The minimum absolute atomic E-state index is 0.150. The molecule has 1 aliphatic heterocycles. The summed E-state index contributed by atoms with van der Waals surface area (Å²) in [6.07, 6.45) is 6.43. The number of nitrogens with one attached hydrogen (secondary N) is 1. The normalized spacial score (nSPS) is 23.0. The van der Waals surface area contributed by atoms with Gasteiger partial charge in [-0.25, -0.2) is 4.79 Å². The molecule has 2 aromatic carbocycles. The molecule has 2 aliphatic carbocycles. The number of hydrogen-bond acceptors (Lipinski definition) is 3. The van der Waals surface area contributed by atoms with Gasteiger partial charge in [0, 0.05) is 22.9 Å². The van der Waals surface area contributed by atoms with Crippen molar-refractivity contribution in [2.75, 3.05) is 6.73 Å². The zero-order valence-electron chi connectivity index (χ0n) is 15.9. The topological polar surface area (TPSA) is 43.9 Å². The molecule has 142 valence electrons. The molecule has 3 aromatic rings. The number of hydrogen-bond donors (Lipinski definition) is 1. The first kappa shape index (κ1) is 16.4. The number of aryl methyl sites for hydroxylation is 2. The first-order chi connectivity index (χ1) is 13.8. The summed E-state index contributed by atoms with van der Waals surface area (Å²) in [7, 11) is 0. The highest BCUT2D eigenvalue weighted by Gasteiger charge is 2.34. The Morgan fingerprint density at radius 2 is 1.82 bits per heavy atom. The van der Waals surface area contributed by atoms with Crippen LogP contribution in [-0.2, 0) is 25.8 Å². The highest BCUT2D eigenvalue weighted by molar-refractivity contribution is 5.86. The maximum Gasteiger partial charge on any atom is 0.339 e. The van der Waals surface area contributed by atoms with Crippen LogP contribution in [0.25, 0.3) is 11.0 Å². The minimum atomic E-state index is -0.150. The highest BCUT2D eigenvalue weighted by atomic mass is 16.5. The first-order valence-electron chi connectivity index (χ1n) is 10.5. The van der Waals surface area contributed by atoms with Crippen molar-refractivity contribution in [2.45, 2.75) is 51.1 Å². The fourth-order valence-corrected chi connectivity index (χ4v) is 5.54. The number of benzene rings is 2.